The van der Waals surface area contributed by atoms with Gasteiger partial charge in [0.2, 0.25) is 0 Å². The predicted molar refractivity (Wildman–Crippen MR) is 92.3 cm³/mol. The molecule has 0 radical (unpaired) electrons. The van der Waals surface area contributed by atoms with Crippen molar-refractivity contribution in [3.8, 4) is 0 Å². The summed E-state index contributed by atoms with van der Waals surface area (Å²) in [5.41, 5.74) is 0.647. The molecule has 0 aliphatic rings. The molecule has 1 aromatic rings. The van der Waals surface area contributed by atoms with E-state index in [1.807, 2.05) is 57.4 Å². The molecule has 0 aliphatic heterocycles. The van der Waals surface area contributed by atoms with Crippen molar-refractivity contribution >= 4 is 17.9 Å². The second-order valence-corrected chi connectivity index (χ2v) is 7.21. The second-order valence-electron chi connectivity index (χ2n) is 6.30. The van der Waals surface area contributed by atoms with Crippen LogP contribution in [0.4, 0.5) is 4.79 Å². The summed E-state index contributed by atoms with van der Waals surface area (Å²) in [7, 11) is 0. The minimum absolute atomic E-state index is 0.317. The first-order chi connectivity index (χ1) is 10.3. The van der Waals surface area contributed by atoms with Gasteiger partial charge in [0.25, 0.3) is 0 Å². The van der Waals surface area contributed by atoms with Crippen LogP contribution >= 0.6 is 11.8 Å². The Kier molecular flexibility index (Phi) is 7.76. The first-order valence-electron chi connectivity index (χ1n) is 7.52. The zero-order valence-corrected chi connectivity index (χ0v) is 14.7. The number of ether oxygens (including phenoxy) is 1. The highest BCUT2D eigenvalue weighted by molar-refractivity contribution is 7.98. The Hall–Kier alpha value is -1.20. The average Bonchev–Trinajstić information content (AvgIpc) is 2.42. The molecule has 0 heterocycles. The molecule has 0 unspecified atom stereocenters. The summed E-state index contributed by atoms with van der Waals surface area (Å²) < 4.78 is 5.28. The van der Waals surface area contributed by atoms with Crippen LogP contribution in [-0.2, 0) is 11.2 Å². The molecule has 4 nitrogen and oxygen atoms in total. The summed E-state index contributed by atoms with van der Waals surface area (Å²) in [4.78, 5) is 11.9. The maximum Gasteiger partial charge on any atom is 0.407 e. The number of carbonyl (C=O) groups excluding carboxylic acids is 1. The van der Waals surface area contributed by atoms with Crippen molar-refractivity contribution in [3.05, 3.63) is 35.9 Å². The Labute approximate surface area is 137 Å². The van der Waals surface area contributed by atoms with E-state index in [2.05, 4.69) is 5.32 Å². The molecule has 0 saturated heterocycles. The van der Waals surface area contributed by atoms with Gasteiger partial charge in [-0.2, -0.15) is 11.8 Å². The molecule has 124 valence electrons. The fourth-order valence-corrected chi connectivity index (χ4v) is 2.65. The van der Waals surface area contributed by atoms with Crippen molar-refractivity contribution in [1.29, 1.82) is 0 Å². The fraction of sp³-hybridized carbons (Fsp3) is 0.588. The van der Waals surface area contributed by atoms with Crippen molar-refractivity contribution in [2.24, 2.45) is 0 Å². The number of alkyl carbamates (subject to hydrolysis) is 1. The zero-order chi connectivity index (χ0) is 16.6. The van der Waals surface area contributed by atoms with Crippen LogP contribution in [0.1, 0.15) is 32.8 Å². The van der Waals surface area contributed by atoms with Crippen molar-refractivity contribution in [2.45, 2.75) is 51.4 Å². The van der Waals surface area contributed by atoms with E-state index in [1.165, 1.54) is 5.56 Å². The second kappa shape index (κ2) is 9.06. The highest BCUT2D eigenvalue weighted by atomic mass is 32.2. The van der Waals surface area contributed by atoms with Crippen molar-refractivity contribution < 1.29 is 14.6 Å². The van der Waals surface area contributed by atoms with Gasteiger partial charge < -0.3 is 15.2 Å². The van der Waals surface area contributed by atoms with Crippen LogP contribution in [0.3, 0.4) is 0 Å². The number of carbonyl (C=O) groups is 1. The van der Waals surface area contributed by atoms with E-state index in [4.69, 9.17) is 4.74 Å². The molecule has 0 aliphatic carbocycles. The lowest BCUT2D eigenvalue weighted by Crippen LogP contribution is -2.46. The standard InChI is InChI=1S/C17H27NO3S/c1-17(2,3)21-16(20)18-14(15(19)12-22-4)11-10-13-8-6-5-7-9-13/h5-9,14-15,19H,10-12H2,1-4H3,(H,18,20)/t14-,15+/m0/s1. The topological polar surface area (TPSA) is 58.6 Å². The Morgan fingerprint density at radius 3 is 2.50 bits per heavy atom. The van der Waals surface area contributed by atoms with Crippen LogP contribution in [-0.4, -0.2) is 41.0 Å². The lowest BCUT2D eigenvalue weighted by Gasteiger charge is -2.26. The third-order valence-corrected chi connectivity index (χ3v) is 3.77. The molecule has 1 aromatic carbocycles. The summed E-state index contributed by atoms with van der Waals surface area (Å²) in [5.74, 6) is 0.579. The molecule has 0 saturated carbocycles. The molecule has 0 aromatic heterocycles. The minimum Gasteiger partial charge on any atom is -0.444 e. The molecule has 5 heteroatoms. The van der Waals surface area contributed by atoms with Crippen molar-refractivity contribution in [1.82, 2.24) is 5.32 Å². The van der Waals surface area contributed by atoms with E-state index < -0.39 is 17.8 Å². The number of amides is 1. The lowest BCUT2D eigenvalue weighted by atomic mass is 10.0. The van der Waals surface area contributed by atoms with Crippen LogP contribution < -0.4 is 5.32 Å². The fourth-order valence-electron chi connectivity index (χ4n) is 2.07. The van der Waals surface area contributed by atoms with E-state index >= 15 is 0 Å². The van der Waals surface area contributed by atoms with Crippen LogP contribution in [0, 0.1) is 0 Å². The SMILES string of the molecule is CSC[C@@H](O)[C@H](CCc1ccccc1)NC(=O)OC(C)(C)C. The molecule has 0 fully saturated rings. The highest BCUT2D eigenvalue weighted by Crippen LogP contribution is 2.12. The van der Waals surface area contributed by atoms with E-state index in [9.17, 15) is 9.90 Å². The van der Waals surface area contributed by atoms with Gasteiger partial charge in [-0.05, 0) is 45.4 Å². The Balaban J connectivity index is 2.61. The number of rotatable bonds is 7. The number of aliphatic hydroxyl groups excluding tert-OH is 1. The maximum atomic E-state index is 11.9. The lowest BCUT2D eigenvalue weighted by molar-refractivity contribution is 0.0435. The van der Waals surface area contributed by atoms with E-state index in [0.29, 0.717) is 12.2 Å². The van der Waals surface area contributed by atoms with Gasteiger partial charge in [0, 0.05) is 5.75 Å². The summed E-state index contributed by atoms with van der Waals surface area (Å²) in [6, 6.07) is 9.73. The summed E-state index contributed by atoms with van der Waals surface area (Å²) in [5, 5.41) is 13.0. The third kappa shape index (κ3) is 7.71. The Bertz CT molecular complexity index is 445. The van der Waals surface area contributed by atoms with Gasteiger partial charge in [0.1, 0.15) is 5.60 Å². The summed E-state index contributed by atoms with van der Waals surface area (Å²) in [6.45, 7) is 5.47. The van der Waals surface area contributed by atoms with Crippen LogP contribution in [0.25, 0.3) is 0 Å². The number of aryl methyl sites for hydroxylation is 1. The summed E-state index contributed by atoms with van der Waals surface area (Å²) in [6.07, 6.45) is 2.33. The van der Waals surface area contributed by atoms with E-state index in [-0.39, 0.29) is 6.04 Å². The first kappa shape index (κ1) is 18.8. The molecule has 0 spiro atoms. The van der Waals surface area contributed by atoms with Crippen LogP contribution in [0.15, 0.2) is 30.3 Å². The maximum absolute atomic E-state index is 11.9. The van der Waals surface area contributed by atoms with Crippen LogP contribution in [0.5, 0.6) is 0 Å². The molecule has 1 rings (SSSR count). The van der Waals surface area contributed by atoms with E-state index in [1.54, 1.807) is 11.8 Å². The van der Waals surface area contributed by atoms with Gasteiger partial charge >= 0.3 is 6.09 Å². The number of nitrogens with one attached hydrogen (secondary N) is 1. The largest absolute Gasteiger partial charge is 0.444 e. The van der Waals surface area contributed by atoms with Crippen LogP contribution in [0.2, 0.25) is 0 Å². The van der Waals surface area contributed by atoms with Gasteiger partial charge in [-0.1, -0.05) is 30.3 Å². The van der Waals surface area contributed by atoms with Crippen molar-refractivity contribution in [3.63, 3.8) is 0 Å². The predicted octanol–water partition coefficient (Wildman–Crippen LogP) is 3.24. The van der Waals surface area contributed by atoms with Gasteiger partial charge in [-0.25, -0.2) is 4.79 Å². The smallest absolute Gasteiger partial charge is 0.407 e. The summed E-state index contributed by atoms with van der Waals surface area (Å²) >= 11 is 1.56. The normalized spacial score (nSPS) is 14.2. The Morgan fingerprint density at radius 2 is 1.95 bits per heavy atom. The van der Waals surface area contributed by atoms with Gasteiger partial charge in [-0.3, -0.25) is 0 Å². The molecule has 1 amide bonds. The zero-order valence-electron chi connectivity index (χ0n) is 13.8. The highest BCUT2D eigenvalue weighted by Gasteiger charge is 2.24. The Morgan fingerprint density at radius 1 is 1.32 bits per heavy atom. The quantitative estimate of drug-likeness (QED) is 0.808. The van der Waals surface area contributed by atoms with Gasteiger partial charge in [-0.15, -0.1) is 0 Å². The van der Waals surface area contributed by atoms with Gasteiger partial charge in [0.15, 0.2) is 0 Å². The molecule has 0 bridgehead atoms. The number of hydrogen-bond donors (Lipinski definition) is 2. The molecular weight excluding hydrogens is 298 g/mol. The minimum atomic E-state index is -0.591. The number of thioether (sulfide) groups is 1. The molecule has 22 heavy (non-hydrogen) atoms. The van der Waals surface area contributed by atoms with E-state index in [0.717, 1.165) is 6.42 Å². The number of benzene rings is 1. The third-order valence-electron chi connectivity index (χ3n) is 3.09. The average molecular weight is 325 g/mol. The van der Waals surface area contributed by atoms with Crippen molar-refractivity contribution in [2.75, 3.05) is 12.0 Å². The first-order valence-corrected chi connectivity index (χ1v) is 8.91. The number of aliphatic hydroxyl groups is 1. The molecular formula is C17H27NO3S. The molecule has 2 N–H and O–H groups in total. The monoisotopic (exact) mass is 325 g/mol. The molecule has 2 atom stereocenters. The van der Waals surface area contributed by atoms with Gasteiger partial charge in [0.05, 0.1) is 12.1 Å². The number of hydrogen-bond acceptors (Lipinski definition) is 4.